The summed E-state index contributed by atoms with van der Waals surface area (Å²) in [4.78, 5) is 32.9. The number of carbonyl (C=O) groups is 3. The molecule has 4 amide bonds. The normalized spacial score (nSPS) is 23.9. The van der Waals surface area contributed by atoms with Crippen molar-refractivity contribution in [2.24, 2.45) is 0 Å². The lowest BCUT2D eigenvalue weighted by Gasteiger charge is -2.19. The Bertz CT molecular complexity index is 321. The van der Waals surface area contributed by atoms with Crippen molar-refractivity contribution in [1.82, 2.24) is 16.0 Å². The van der Waals surface area contributed by atoms with Crippen LogP contribution in [-0.2, 0) is 9.59 Å². The number of imide groups is 1. The maximum atomic E-state index is 11.4. The number of thioether (sulfide) groups is 1. The van der Waals surface area contributed by atoms with E-state index in [1.54, 1.807) is 6.92 Å². The van der Waals surface area contributed by atoms with Crippen LogP contribution in [0.5, 0.6) is 0 Å². The molecule has 7 heteroatoms. The zero-order chi connectivity index (χ0) is 12.2. The van der Waals surface area contributed by atoms with E-state index in [0.29, 0.717) is 18.1 Å². The number of nitrogens with one attached hydrogen (secondary N) is 3. The van der Waals surface area contributed by atoms with Gasteiger partial charge in [0.15, 0.2) is 0 Å². The number of carbonyl (C=O) groups excluding carboxylic acids is 3. The van der Waals surface area contributed by atoms with Crippen molar-refractivity contribution >= 4 is 29.6 Å². The molecule has 1 rings (SSSR count). The summed E-state index contributed by atoms with van der Waals surface area (Å²) in [5.74, 6) is 0.825. The summed E-state index contributed by atoms with van der Waals surface area (Å²) in [5, 5.41) is 7.42. The molecule has 3 N–H and O–H groups in total. The Labute approximate surface area is 97.9 Å². The highest BCUT2D eigenvalue weighted by Gasteiger charge is 2.41. The van der Waals surface area contributed by atoms with Crippen molar-refractivity contribution in [1.29, 1.82) is 0 Å². The van der Waals surface area contributed by atoms with Crippen LogP contribution in [0, 0.1) is 0 Å². The Morgan fingerprint density at radius 1 is 1.50 bits per heavy atom. The third kappa shape index (κ3) is 3.41. The first kappa shape index (κ1) is 12.8. The summed E-state index contributed by atoms with van der Waals surface area (Å²) in [6, 6.07) is -0.449. The summed E-state index contributed by atoms with van der Waals surface area (Å²) in [5.41, 5.74) is -0.835. The van der Waals surface area contributed by atoms with Crippen molar-refractivity contribution in [3.63, 3.8) is 0 Å². The quantitative estimate of drug-likeness (QED) is 0.448. The number of hydrogen-bond acceptors (Lipinski definition) is 4. The van der Waals surface area contributed by atoms with Gasteiger partial charge in [0.1, 0.15) is 5.54 Å². The molecule has 1 heterocycles. The fourth-order valence-electron chi connectivity index (χ4n) is 1.26. The van der Waals surface area contributed by atoms with Crippen molar-refractivity contribution in [3.8, 4) is 0 Å². The van der Waals surface area contributed by atoms with E-state index in [9.17, 15) is 14.4 Å². The Hall–Kier alpha value is -1.24. The van der Waals surface area contributed by atoms with E-state index in [4.69, 9.17) is 0 Å². The van der Waals surface area contributed by atoms with Gasteiger partial charge in [-0.15, -0.1) is 0 Å². The van der Waals surface area contributed by atoms with Crippen LogP contribution in [0.4, 0.5) is 4.79 Å². The second-order valence-electron chi connectivity index (χ2n) is 3.78. The zero-order valence-corrected chi connectivity index (χ0v) is 10.1. The van der Waals surface area contributed by atoms with Gasteiger partial charge in [0, 0.05) is 25.0 Å². The molecule has 0 aromatic carbocycles. The molecule has 0 aliphatic carbocycles. The summed E-state index contributed by atoms with van der Waals surface area (Å²) in [6.07, 6.45) is 0. The molecule has 1 fully saturated rings. The predicted molar refractivity (Wildman–Crippen MR) is 61.1 cm³/mol. The van der Waals surface area contributed by atoms with Gasteiger partial charge in [0.05, 0.1) is 0 Å². The maximum absolute atomic E-state index is 11.4. The minimum atomic E-state index is -0.835. The lowest BCUT2D eigenvalue weighted by Crippen LogP contribution is -2.46. The van der Waals surface area contributed by atoms with E-state index in [1.807, 2.05) is 0 Å². The van der Waals surface area contributed by atoms with Gasteiger partial charge in [-0.1, -0.05) is 0 Å². The van der Waals surface area contributed by atoms with Crippen LogP contribution in [0.25, 0.3) is 0 Å². The molecule has 0 aromatic heterocycles. The van der Waals surface area contributed by atoms with E-state index in [-0.39, 0.29) is 11.8 Å². The topological polar surface area (TPSA) is 87.3 Å². The summed E-state index contributed by atoms with van der Waals surface area (Å²) < 4.78 is 0. The molecule has 0 bridgehead atoms. The maximum Gasteiger partial charge on any atom is 0.322 e. The number of rotatable bonds is 5. The van der Waals surface area contributed by atoms with E-state index in [1.165, 1.54) is 18.7 Å². The van der Waals surface area contributed by atoms with E-state index in [0.717, 1.165) is 0 Å². The first-order valence-electron chi connectivity index (χ1n) is 4.90. The molecule has 0 spiro atoms. The van der Waals surface area contributed by atoms with Gasteiger partial charge in [0.25, 0.3) is 5.91 Å². The van der Waals surface area contributed by atoms with Crippen LogP contribution in [0.1, 0.15) is 13.8 Å². The average Bonchev–Trinajstić information content (AvgIpc) is 2.39. The lowest BCUT2D eigenvalue weighted by atomic mass is 10.1. The predicted octanol–water partition coefficient (Wildman–Crippen LogP) is -0.546. The third-order valence-corrected chi connectivity index (χ3v) is 3.40. The van der Waals surface area contributed by atoms with Crippen LogP contribution in [0.3, 0.4) is 0 Å². The van der Waals surface area contributed by atoms with Gasteiger partial charge in [-0.25, -0.2) is 4.79 Å². The second-order valence-corrected chi connectivity index (χ2v) is 4.88. The molecule has 1 aliphatic heterocycles. The monoisotopic (exact) mass is 245 g/mol. The van der Waals surface area contributed by atoms with Crippen LogP contribution < -0.4 is 16.0 Å². The van der Waals surface area contributed by atoms with Crippen LogP contribution in [0.15, 0.2) is 0 Å². The van der Waals surface area contributed by atoms with Crippen LogP contribution in [0.2, 0.25) is 0 Å². The van der Waals surface area contributed by atoms with Gasteiger partial charge in [-0.3, -0.25) is 14.9 Å². The van der Waals surface area contributed by atoms with Crippen molar-refractivity contribution in [3.05, 3.63) is 0 Å². The zero-order valence-electron chi connectivity index (χ0n) is 9.25. The largest absolute Gasteiger partial charge is 0.356 e. The van der Waals surface area contributed by atoms with Crippen molar-refractivity contribution in [2.75, 3.05) is 18.1 Å². The Kier molecular flexibility index (Phi) is 4.17. The molecule has 6 nitrogen and oxygen atoms in total. The van der Waals surface area contributed by atoms with Crippen molar-refractivity contribution < 1.29 is 14.4 Å². The van der Waals surface area contributed by atoms with Gasteiger partial charge >= 0.3 is 6.03 Å². The molecule has 0 saturated carbocycles. The van der Waals surface area contributed by atoms with Gasteiger partial charge in [0.2, 0.25) is 5.91 Å². The first-order valence-corrected chi connectivity index (χ1v) is 6.05. The molecule has 0 aromatic rings. The van der Waals surface area contributed by atoms with Gasteiger partial charge < -0.3 is 10.6 Å². The van der Waals surface area contributed by atoms with Crippen LogP contribution >= 0.6 is 11.8 Å². The van der Waals surface area contributed by atoms with E-state index >= 15 is 0 Å². The lowest BCUT2D eigenvalue weighted by molar-refractivity contribution is -0.122. The highest BCUT2D eigenvalue weighted by Crippen LogP contribution is 2.16. The Morgan fingerprint density at radius 3 is 2.69 bits per heavy atom. The molecular weight excluding hydrogens is 230 g/mol. The Morgan fingerprint density at radius 2 is 2.19 bits per heavy atom. The van der Waals surface area contributed by atoms with Gasteiger partial charge in [-0.05, 0) is 6.92 Å². The smallest absolute Gasteiger partial charge is 0.322 e. The molecule has 1 saturated heterocycles. The highest BCUT2D eigenvalue weighted by molar-refractivity contribution is 7.99. The molecule has 0 unspecified atom stereocenters. The Balaban J connectivity index is 2.24. The summed E-state index contributed by atoms with van der Waals surface area (Å²) in [7, 11) is 0. The van der Waals surface area contributed by atoms with Gasteiger partial charge in [-0.2, -0.15) is 11.8 Å². The molecule has 1 atom stereocenters. The molecule has 16 heavy (non-hydrogen) atoms. The first-order chi connectivity index (χ1) is 7.44. The van der Waals surface area contributed by atoms with Crippen molar-refractivity contribution in [2.45, 2.75) is 19.4 Å². The van der Waals surface area contributed by atoms with E-state index in [2.05, 4.69) is 16.0 Å². The minimum Gasteiger partial charge on any atom is -0.356 e. The fraction of sp³-hybridized carbons (Fsp3) is 0.667. The fourth-order valence-corrected chi connectivity index (χ4v) is 2.26. The molecular formula is C9H15N3O3S. The molecule has 90 valence electrons. The number of urea groups is 1. The minimum absolute atomic E-state index is 0.0706. The van der Waals surface area contributed by atoms with Crippen LogP contribution in [-0.4, -0.2) is 41.4 Å². The third-order valence-electron chi connectivity index (χ3n) is 2.13. The molecule has 1 aliphatic rings. The second kappa shape index (κ2) is 5.20. The molecule has 0 radical (unpaired) electrons. The summed E-state index contributed by atoms with van der Waals surface area (Å²) in [6.45, 7) is 3.70. The number of hydrogen-bond donors (Lipinski definition) is 3. The highest BCUT2D eigenvalue weighted by atomic mass is 32.2. The SMILES string of the molecule is CC(=O)NCCSC[C@@]1(C)NC(=O)NC1=O. The summed E-state index contributed by atoms with van der Waals surface area (Å²) >= 11 is 1.51. The standard InChI is InChI=1S/C9H15N3O3S/c1-6(13)10-3-4-16-5-9(2)7(14)11-8(15)12-9/h3-5H2,1-2H3,(H,10,13)(H2,11,12,14,15)/t9-/m1/s1. The average molecular weight is 245 g/mol. The number of amides is 4. The van der Waals surface area contributed by atoms with E-state index < -0.39 is 11.6 Å².